The lowest BCUT2D eigenvalue weighted by molar-refractivity contribution is -0.141. The van der Waals surface area contributed by atoms with Gasteiger partial charge in [0.25, 0.3) is 0 Å². The summed E-state index contributed by atoms with van der Waals surface area (Å²) in [5.74, 6) is -0.695. The number of aliphatic hydroxyl groups excluding tert-OH is 1. The van der Waals surface area contributed by atoms with Crippen LogP contribution in [-0.4, -0.2) is 28.0 Å². The highest BCUT2D eigenvalue weighted by molar-refractivity contribution is 6.29. The molecular weight excluding hydrogens is 429 g/mol. The fourth-order valence-corrected chi connectivity index (χ4v) is 4.10. The van der Waals surface area contributed by atoms with Gasteiger partial charge < -0.3 is 9.84 Å². The first-order chi connectivity index (χ1) is 14.8. The zero-order chi connectivity index (χ0) is 22.0. The Balaban J connectivity index is 1.53. The topological polar surface area (TPSA) is 58.1 Å². The van der Waals surface area contributed by atoms with Gasteiger partial charge in [0.15, 0.2) is 0 Å². The highest BCUT2D eigenvalue weighted by Gasteiger charge is 2.41. The Kier molecular flexibility index (Phi) is 6.25. The van der Waals surface area contributed by atoms with E-state index < -0.39 is 29.8 Å². The van der Waals surface area contributed by atoms with Crippen LogP contribution in [0.15, 0.2) is 71.0 Å². The number of nitrogens with one attached hydrogen (secondary N) is 1. The average molecular weight is 451 g/mol. The predicted octanol–water partition coefficient (Wildman–Crippen LogP) is 5.79. The Morgan fingerprint density at radius 2 is 2.03 bits per heavy atom. The lowest BCUT2D eigenvalue weighted by Gasteiger charge is -2.24. The van der Waals surface area contributed by atoms with Crippen molar-refractivity contribution < 1.29 is 23.0 Å². The molecule has 3 aliphatic carbocycles. The van der Waals surface area contributed by atoms with Gasteiger partial charge in [-0.1, -0.05) is 48.1 Å². The minimum absolute atomic E-state index is 0.0793. The number of aromatic nitrogens is 2. The lowest BCUT2D eigenvalue weighted by atomic mass is 9.84. The number of nitrogens with zero attached hydrogens (tertiary/aromatic N) is 1. The summed E-state index contributed by atoms with van der Waals surface area (Å²) in [4.78, 5) is 0. The molecule has 3 atom stereocenters. The molecule has 1 heterocycles. The molecule has 2 N–H and O–H groups in total. The van der Waals surface area contributed by atoms with Crippen LogP contribution in [0.5, 0.6) is 0 Å². The predicted molar refractivity (Wildman–Crippen MR) is 112 cm³/mol. The van der Waals surface area contributed by atoms with E-state index in [4.69, 9.17) is 16.3 Å². The molecule has 4 nitrogen and oxygen atoms in total. The zero-order valence-electron chi connectivity index (χ0n) is 16.6. The first-order valence-electron chi connectivity index (χ1n) is 10.1. The molecule has 0 fully saturated rings. The summed E-state index contributed by atoms with van der Waals surface area (Å²) in [6.07, 6.45) is 12.1. The van der Waals surface area contributed by atoms with Crippen molar-refractivity contribution in [3.8, 4) is 0 Å². The molecule has 4 rings (SSSR count). The molecular formula is C23H22ClF3N2O2. The van der Waals surface area contributed by atoms with Crippen LogP contribution in [0.2, 0.25) is 0 Å². The summed E-state index contributed by atoms with van der Waals surface area (Å²) in [7, 11) is 0. The molecule has 1 aromatic heterocycles. The molecule has 0 spiro atoms. The van der Waals surface area contributed by atoms with E-state index in [9.17, 15) is 18.3 Å². The fraction of sp³-hybridized carbons (Fsp3) is 0.348. The van der Waals surface area contributed by atoms with Gasteiger partial charge in [-0.15, -0.1) is 0 Å². The zero-order valence-corrected chi connectivity index (χ0v) is 17.3. The Hall–Kier alpha value is -2.51. The van der Waals surface area contributed by atoms with Gasteiger partial charge in [0, 0.05) is 16.5 Å². The van der Waals surface area contributed by atoms with Gasteiger partial charge >= 0.3 is 6.18 Å². The van der Waals surface area contributed by atoms with Crippen molar-refractivity contribution in [2.24, 2.45) is 0 Å². The van der Waals surface area contributed by atoms with E-state index >= 15 is 0 Å². The van der Waals surface area contributed by atoms with E-state index in [2.05, 4.69) is 10.2 Å². The van der Waals surface area contributed by atoms with Crippen LogP contribution < -0.4 is 0 Å². The van der Waals surface area contributed by atoms with Gasteiger partial charge in [-0.25, -0.2) is 0 Å². The smallest absolute Gasteiger partial charge is 0.433 e. The van der Waals surface area contributed by atoms with Gasteiger partial charge in [0.05, 0.1) is 17.7 Å². The van der Waals surface area contributed by atoms with Crippen LogP contribution in [0.4, 0.5) is 13.2 Å². The molecule has 1 aromatic rings. The largest absolute Gasteiger partial charge is 0.489 e. The minimum atomic E-state index is -4.56. The summed E-state index contributed by atoms with van der Waals surface area (Å²) < 4.78 is 46.6. The van der Waals surface area contributed by atoms with E-state index in [1.54, 1.807) is 30.4 Å². The highest BCUT2D eigenvalue weighted by atomic mass is 35.5. The Labute approximate surface area is 183 Å². The maximum atomic E-state index is 13.6. The molecule has 0 saturated heterocycles. The quantitative estimate of drug-likeness (QED) is 0.597. The Morgan fingerprint density at radius 3 is 2.68 bits per heavy atom. The number of ether oxygens (including phenoxy) is 1. The standard InChI is InChI=1S/C23H22ClF3N2O2/c24-16-8-6-14(7-9-16)13-31-17-10-11-18(19(30)12-17)21-20(15-4-2-1-3-5-15)22(29-28-21)23(25,26)27/h1-4,6,8,10-12,15,18-19,30H,5,7,9,13H2,(H,28,29). The second-order valence-corrected chi connectivity index (χ2v) is 8.21. The van der Waals surface area contributed by atoms with Crippen molar-refractivity contribution >= 4 is 11.6 Å². The summed E-state index contributed by atoms with van der Waals surface area (Å²) in [6, 6.07) is 0. The number of hydrogen-bond donors (Lipinski definition) is 2. The third kappa shape index (κ3) is 4.88. The number of aliphatic hydroxyl groups is 1. The molecule has 0 saturated carbocycles. The number of hydrogen-bond acceptors (Lipinski definition) is 3. The monoisotopic (exact) mass is 450 g/mol. The van der Waals surface area contributed by atoms with Crippen molar-refractivity contribution in [1.29, 1.82) is 0 Å². The van der Waals surface area contributed by atoms with Gasteiger partial charge in [-0.3, -0.25) is 5.10 Å². The van der Waals surface area contributed by atoms with E-state index in [0.717, 1.165) is 23.4 Å². The first-order valence-corrected chi connectivity index (χ1v) is 10.4. The number of halogens is 4. The maximum absolute atomic E-state index is 13.6. The highest BCUT2D eigenvalue weighted by Crippen LogP contribution is 2.42. The number of rotatable bonds is 5. The molecule has 3 unspecified atom stereocenters. The first kappa shape index (κ1) is 21.7. The van der Waals surface area contributed by atoms with Crippen LogP contribution >= 0.6 is 11.6 Å². The number of alkyl halides is 3. The molecule has 8 heteroatoms. The molecule has 31 heavy (non-hydrogen) atoms. The second kappa shape index (κ2) is 8.93. The minimum Gasteiger partial charge on any atom is -0.489 e. The molecule has 164 valence electrons. The number of allylic oxidation sites excluding steroid dienone is 8. The lowest BCUT2D eigenvalue weighted by Crippen LogP contribution is -2.21. The van der Waals surface area contributed by atoms with E-state index in [1.807, 2.05) is 18.2 Å². The Morgan fingerprint density at radius 1 is 1.19 bits per heavy atom. The number of H-pyrrole nitrogens is 1. The van der Waals surface area contributed by atoms with Crippen molar-refractivity contribution in [3.63, 3.8) is 0 Å². The fourth-order valence-electron chi connectivity index (χ4n) is 3.95. The second-order valence-electron chi connectivity index (χ2n) is 7.72. The molecule has 0 bridgehead atoms. The van der Waals surface area contributed by atoms with Gasteiger partial charge in [0.1, 0.15) is 18.1 Å². The van der Waals surface area contributed by atoms with Gasteiger partial charge in [-0.05, 0) is 43.1 Å². The molecule has 0 aromatic carbocycles. The third-order valence-electron chi connectivity index (χ3n) is 5.56. The Bertz CT molecular complexity index is 1010. The van der Waals surface area contributed by atoms with Crippen LogP contribution in [-0.2, 0) is 10.9 Å². The SMILES string of the molecule is OC1C=C(OCC2=CC=C(Cl)CC2)C=CC1c1n[nH]c(C(F)(F)F)c1C1C=CC=CC1. The van der Waals surface area contributed by atoms with E-state index in [0.29, 0.717) is 18.8 Å². The summed E-state index contributed by atoms with van der Waals surface area (Å²) in [5.41, 5.74) is 0.494. The van der Waals surface area contributed by atoms with E-state index in [1.165, 1.54) is 6.08 Å². The maximum Gasteiger partial charge on any atom is 0.433 e. The van der Waals surface area contributed by atoms with Crippen LogP contribution in [0, 0.1) is 0 Å². The van der Waals surface area contributed by atoms with Crippen molar-refractivity contribution in [2.75, 3.05) is 6.61 Å². The van der Waals surface area contributed by atoms with Gasteiger partial charge in [0.2, 0.25) is 0 Å². The van der Waals surface area contributed by atoms with Crippen LogP contribution in [0.3, 0.4) is 0 Å². The van der Waals surface area contributed by atoms with Crippen molar-refractivity contribution in [2.45, 2.75) is 43.4 Å². The van der Waals surface area contributed by atoms with Crippen molar-refractivity contribution in [3.05, 3.63) is 88.0 Å². The number of aromatic amines is 1. The normalized spacial score (nSPS) is 25.8. The van der Waals surface area contributed by atoms with Crippen LogP contribution in [0.1, 0.15) is 48.0 Å². The molecule has 0 radical (unpaired) electrons. The van der Waals surface area contributed by atoms with E-state index in [-0.39, 0.29) is 11.3 Å². The third-order valence-corrected chi connectivity index (χ3v) is 5.88. The molecule has 0 aliphatic heterocycles. The summed E-state index contributed by atoms with van der Waals surface area (Å²) in [5, 5.41) is 17.6. The van der Waals surface area contributed by atoms with Crippen LogP contribution in [0.25, 0.3) is 0 Å². The summed E-state index contributed by atoms with van der Waals surface area (Å²) >= 11 is 5.96. The summed E-state index contributed by atoms with van der Waals surface area (Å²) in [6.45, 7) is 0.360. The molecule has 0 amide bonds. The molecule has 3 aliphatic rings. The van der Waals surface area contributed by atoms with Gasteiger partial charge in [-0.2, -0.15) is 18.3 Å². The average Bonchev–Trinajstić information content (AvgIpc) is 3.19. The van der Waals surface area contributed by atoms with Crippen molar-refractivity contribution in [1.82, 2.24) is 10.2 Å².